The molecule has 6 heteroatoms. The molecule has 4 rings (SSSR count). The molecule has 1 spiro atoms. The maximum Gasteiger partial charge on any atom is 0.272 e. The number of carbonyl (C=O) groups excluding carboxylic acids is 1. The Bertz CT molecular complexity index is 888. The van der Waals surface area contributed by atoms with Gasteiger partial charge in [-0.1, -0.05) is 6.07 Å². The summed E-state index contributed by atoms with van der Waals surface area (Å²) in [6, 6.07) is 9.67. The Hall–Kier alpha value is -2.60. The third-order valence-corrected chi connectivity index (χ3v) is 5.82. The summed E-state index contributed by atoms with van der Waals surface area (Å²) in [4.78, 5) is 19.1. The van der Waals surface area contributed by atoms with Gasteiger partial charge in [0.15, 0.2) is 11.5 Å². The molecular formula is C22H26N2O4. The van der Waals surface area contributed by atoms with Crippen molar-refractivity contribution in [3.8, 4) is 11.5 Å². The lowest BCUT2D eigenvalue weighted by molar-refractivity contribution is -0.0936. The number of piperidine rings is 1. The molecule has 0 N–H and O–H groups in total. The van der Waals surface area contributed by atoms with E-state index in [1.807, 2.05) is 30.0 Å². The minimum absolute atomic E-state index is 0.0121. The van der Waals surface area contributed by atoms with Crippen molar-refractivity contribution in [2.45, 2.75) is 31.8 Å². The first-order chi connectivity index (χ1) is 13.6. The van der Waals surface area contributed by atoms with Crippen LogP contribution < -0.4 is 9.47 Å². The monoisotopic (exact) mass is 382 g/mol. The smallest absolute Gasteiger partial charge is 0.272 e. The Morgan fingerprint density at radius 2 is 1.86 bits per heavy atom. The minimum atomic E-state index is -0.371. The number of hydrogen-bond donors (Lipinski definition) is 0. The molecule has 1 fully saturated rings. The van der Waals surface area contributed by atoms with Crippen LogP contribution in [-0.4, -0.2) is 49.7 Å². The fraction of sp³-hybridized carbons (Fsp3) is 0.455. The Balaban J connectivity index is 1.57. The van der Waals surface area contributed by atoms with Gasteiger partial charge in [0.05, 0.1) is 26.4 Å². The van der Waals surface area contributed by atoms with Gasteiger partial charge in [-0.05, 0) is 61.6 Å². The SMILES string of the molecule is COc1cc2c(cc1OC)C1(CCN(C(=O)c3cccc(C)n3)CC1)OCC2. The number of amides is 1. The molecule has 0 saturated carbocycles. The number of fused-ring (bicyclic) bond motifs is 2. The van der Waals surface area contributed by atoms with E-state index >= 15 is 0 Å². The molecule has 1 saturated heterocycles. The number of likely N-dealkylation sites (tertiary alicyclic amines) is 1. The predicted octanol–water partition coefficient (Wildman–Crippen LogP) is 3.11. The topological polar surface area (TPSA) is 60.9 Å². The van der Waals surface area contributed by atoms with Gasteiger partial charge in [-0.25, -0.2) is 4.98 Å². The lowest BCUT2D eigenvalue weighted by Crippen LogP contribution is -2.48. The Kier molecular flexibility index (Phi) is 4.98. The molecule has 6 nitrogen and oxygen atoms in total. The van der Waals surface area contributed by atoms with Gasteiger partial charge in [0, 0.05) is 18.8 Å². The second-order valence-electron chi connectivity index (χ2n) is 7.41. The molecule has 2 aromatic rings. The van der Waals surface area contributed by atoms with Gasteiger partial charge in [-0.2, -0.15) is 0 Å². The van der Waals surface area contributed by atoms with Crippen LogP contribution in [0, 0.1) is 6.92 Å². The lowest BCUT2D eigenvalue weighted by Gasteiger charge is -2.45. The summed E-state index contributed by atoms with van der Waals surface area (Å²) in [6.45, 7) is 3.86. The van der Waals surface area contributed by atoms with E-state index in [4.69, 9.17) is 14.2 Å². The first-order valence-corrected chi connectivity index (χ1v) is 9.68. The van der Waals surface area contributed by atoms with Crippen LogP contribution in [0.15, 0.2) is 30.3 Å². The molecule has 0 bridgehead atoms. The van der Waals surface area contributed by atoms with E-state index in [9.17, 15) is 4.79 Å². The molecule has 0 aliphatic carbocycles. The van der Waals surface area contributed by atoms with Crippen LogP contribution in [0.4, 0.5) is 0 Å². The molecule has 1 aromatic heterocycles. The van der Waals surface area contributed by atoms with Crippen molar-refractivity contribution in [1.29, 1.82) is 0 Å². The molecule has 0 unspecified atom stereocenters. The van der Waals surface area contributed by atoms with Crippen LogP contribution in [0.3, 0.4) is 0 Å². The molecule has 1 aromatic carbocycles. The number of hydrogen-bond acceptors (Lipinski definition) is 5. The van der Waals surface area contributed by atoms with Gasteiger partial charge in [-0.3, -0.25) is 4.79 Å². The molecule has 148 valence electrons. The van der Waals surface area contributed by atoms with Crippen LogP contribution in [0.25, 0.3) is 0 Å². The van der Waals surface area contributed by atoms with Crippen molar-refractivity contribution in [1.82, 2.24) is 9.88 Å². The van der Waals surface area contributed by atoms with Crippen molar-refractivity contribution < 1.29 is 19.0 Å². The lowest BCUT2D eigenvalue weighted by atomic mass is 9.79. The molecule has 2 aliphatic rings. The summed E-state index contributed by atoms with van der Waals surface area (Å²) in [6.07, 6.45) is 2.37. The zero-order valence-electron chi connectivity index (χ0n) is 16.7. The number of aromatic nitrogens is 1. The Morgan fingerprint density at radius 1 is 1.14 bits per heavy atom. The molecule has 1 amide bonds. The van der Waals surface area contributed by atoms with Gasteiger partial charge >= 0.3 is 0 Å². The highest BCUT2D eigenvalue weighted by Crippen LogP contribution is 2.45. The van der Waals surface area contributed by atoms with Crippen molar-refractivity contribution in [3.63, 3.8) is 0 Å². The first kappa shape index (κ1) is 18.7. The van der Waals surface area contributed by atoms with Gasteiger partial charge < -0.3 is 19.1 Å². The van der Waals surface area contributed by atoms with E-state index in [0.717, 1.165) is 36.3 Å². The fourth-order valence-electron chi connectivity index (χ4n) is 4.30. The summed E-state index contributed by atoms with van der Waals surface area (Å²) >= 11 is 0. The molecule has 28 heavy (non-hydrogen) atoms. The van der Waals surface area contributed by atoms with Crippen molar-refractivity contribution in [3.05, 3.63) is 52.8 Å². The summed E-state index contributed by atoms with van der Waals surface area (Å²) < 4.78 is 17.3. The number of aryl methyl sites for hydroxylation is 1. The molecule has 0 atom stereocenters. The number of pyridine rings is 1. The molecule has 2 aliphatic heterocycles. The van der Waals surface area contributed by atoms with Crippen LogP contribution in [-0.2, 0) is 16.8 Å². The Labute approximate surface area is 165 Å². The van der Waals surface area contributed by atoms with Gasteiger partial charge in [0.25, 0.3) is 5.91 Å². The van der Waals surface area contributed by atoms with Gasteiger partial charge in [0.2, 0.25) is 0 Å². The third kappa shape index (κ3) is 3.22. The average Bonchev–Trinajstić information content (AvgIpc) is 2.73. The van der Waals surface area contributed by atoms with E-state index in [1.165, 1.54) is 5.56 Å². The zero-order valence-corrected chi connectivity index (χ0v) is 16.7. The number of ether oxygens (including phenoxy) is 3. The molecule has 0 radical (unpaired) electrons. The number of methoxy groups -OCH3 is 2. The highest BCUT2D eigenvalue weighted by atomic mass is 16.5. The van der Waals surface area contributed by atoms with E-state index in [1.54, 1.807) is 20.3 Å². The Morgan fingerprint density at radius 3 is 2.54 bits per heavy atom. The predicted molar refractivity (Wildman–Crippen MR) is 105 cm³/mol. The van der Waals surface area contributed by atoms with Crippen LogP contribution in [0.2, 0.25) is 0 Å². The maximum atomic E-state index is 12.8. The normalized spacial score (nSPS) is 17.9. The highest BCUT2D eigenvalue weighted by molar-refractivity contribution is 5.92. The zero-order chi connectivity index (χ0) is 19.7. The van der Waals surface area contributed by atoms with Gasteiger partial charge in [-0.15, -0.1) is 0 Å². The van der Waals surface area contributed by atoms with E-state index in [-0.39, 0.29) is 11.5 Å². The fourth-order valence-corrected chi connectivity index (χ4v) is 4.30. The minimum Gasteiger partial charge on any atom is -0.493 e. The summed E-state index contributed by atoms with van der Waals surface area (Å²) in [5.74, 6) is 1.45. The summed E-state index contributed by atoms with van der Waals surface area (Å²) in [5.41, 5.74) is 3.39. The molecule has 3 heterocycles. The summed E-state index contributed by atoms with van der Waals surface area (Å²) in [5, 5.41) is 0. The third-order valence-electron chi connectivity index (χ3n) is 5.82. The number of nitrogens with zero attached hydrogens (tertiary/aromatic N) is 2. The largest absolute Gasteiger partial charge is 0.493 e. The van der Waals surface area contributed by atoms with Crippen LogP contribution in [0.1, 0.15) is 40.2 Å². The van der Waals surface area contributed by atoms with Crippen molar-refractivity contribution in [2.75, 3.05) is 33.9 Å². The maximum absolute atomic E-state index is 12.8. The standard InChI is InChI=1S/C22H26N2O4/c1-15-5-4-6-18(23-15)21(25)24-10-8-22(9-11-24)17-14-20(27-3)19(26-2)13-16(17)7-12-28-22/h4-6,13-14H,7-12H2,1-3H3. The quantitative estimate of drug-likeness (QED) is 0.816. The van der Waals surface area contributed by atoms with E-state index in [2.05, 4.69) is 11.1 Å². The van der Waals surface area contributed by atoms with Crippen LogP contribution >= 0.6 is 0 Å². The molecular weight excluding hydrogens is 356 g/mol. The second-order valence-corrected chi connectivity index (χ2v) is 7.41. The van der Waals surface area contributed by atoms with E-state index in [0.29, 0.717) is 31.1 Å². The van der Waals surface area contributed by atoms with Gasteiger partial charge in [0.1, 0.15) is 5.69 Å². The average molecular weight is 382 g/mol. The highest BCUT2D eigenvalue weighted by Gasteiger charge is 2.42. The number of carbonyl (C=O) groups is 1. The summed E-state index contributed by atoms with van der Waals surface area (Å²) in [7, 11) is 3.31. The number of benzene rings is 1. The van der Waals surface area contributed by atoms with Crippen molar-refractivity contribution in [2.24, 2.45) is 0 Å². The van der Waals surface area contributed by atoms with Crippen LogP contribution in [0.5, 0.6) is 11.5 Å². The van der Waals surface area contributed by atoms with Crippen molar-refractivity contribution >= 4 is 5.91 Å². The first-order valence-electron chi connectivity index (χ1n) is 9.68. The second kappa shape index (κ2) is 7.43. The number of rotatable bonds is 3. The van der Waals surface area contributed by atoms with E-state index < -0.39 is 0 Å².